The van der Waals surface area contributed by atoms with Crippen LogP contribution < -0.4 is 5.73 Å². The van der Waals surface area contributed by atoms with Gasteiger partial charge in [-0.05, 0) is 165 Å². The molecule has 95 heavy (non-hydrogen) atoms. The second-order valence-corrected chi connectivity index (χ2v) is 30.9. The van der Waals surface area contributed by atoms with E-state index in [-0.39, 0.29) is 6.04 Å². The number of aliphatic imine (C=N–C) groups is 1. The highest BCUT2D eigenvalue weighted by atomic mass is 32.1. The van der Waals surface area contributed by atoms with E-state index < -0.39 is 0 Å². The van der Waals surface area contributed by atoms with Gasteiger partial charge in [0.05, 0.1) is 17.4 Å². The Morgan fingerprint density at radius 1 is 0.379 bits per heavy atom. The Morgan fingerprint density at radius 2 is 0.737 bits per heavy atom. The standard InChI is InChI=1S/2C12H18.2C11H17N.C10H18N2.C10H16S.C9H15NO.C8H15N3.C2H6/c2*1-9(2)11-5-7-12(8-6-11)10(3)4;2*1-8(2)10-5-6-11(9(3)4)12-7-10;1-6(2)9-5-8(11)10(12-9)7(3)4;1-7(2)9-5-10(8(3)4)11-6-9;1-6(2)8-5-9(7(3)4)11-10-8;1-6(2)8-5-11(7(3)4)10-9-8;1-2/h2*5-10H,1-4H3;2*5-9H,1-4H3;5-8H,11H2,1-4H3;5-8H,1-4H3;2*5-7H,1-4H3;1-2H3. The summed E-state index contributed by atoms with van der Waals surface area (Å²) in [5.41, 5.74) is 22.5. The number of nitrogens with two attached hydrogens (primary N) is 1. The van der Waals surface area contributed by atoms with Crippen molar-refractivity contribution in [3.63, 3.8) is 0 Å². The van der Waals surface area contributed by atoms with Gasteiger partial charge in [-0.3, -0.25) is 15.0 Å². The van der Waals surface area contributed by atoms with Crippen LogP contribution in [0.15, 0.2) is 130 Å². The third-order valence-electron chi connectivity index (χ3n) is 16.0. The minimum Gasteiger partial charge on any atom is -0.361 e. The maximum atomic E-state index is 5.90. The molecule has 0 bridgehead atoms. The van der Waals surface area contributed by atoms with Gasteiger partial charge in [0.1, 0.15) is 5.76 Å². The van der Waals surface area contributed by atoms with E-state index in [1.807, 2.05) is 54.5 Å². The summed E-state index contributed by atoms with van der Waals surface area (Å²) in [6, 6.07) is 31.3. The Bertz CT molecular complexity index is 2580. The first-order valence-corrected chi connectivity index (χ1v) is 37.3. The predicted molar refractivity (Wildman–Crippen MR) is 420 cm³/mol. The van der Waals surface area contributed by atoms with Crippen LogP contribution in [0.5, 0.6) is 0 Å². The zero-order chi connectivity index (χ0) is 73.1. The molecule has 2 N–H and O–H groups in total. The van der Waals surface area contributed by atoms with Crippen molar-refractivity contribution in [2.24, 2.45) is 22.6 Å². The number of rotatable bonds is 16. The summed E-state index contributed by atoms with van der Waals surface area (Å²) in [5, 5.41) is 14.3. The molecule has 0 saturated heterocycles. The van der Waals surface area contributed by atoms with Gasteiger partial charge in [-0.2, -0.15) is 0 Å². The first-order chi connectivity index (χ1) is 44.3. The number of benzene rings is 2. The van der Waals surface area contributed by atoms with Crippen LogP contribution in [0.1, 0.15) is 391 Å². The highest BCUT2D eigenvalue weighted by molar-refractivity contribution is 7.10. The van der Waals surface area contributed by atoms with E-state index in [0.717, 1.165) is 28.6 Å². The molecule has 6 heterocycles. The number of aromatic nitrogens is 6. The number of pyridine rings is 2. The molecular weight excluding hydrogens is 1180 g/mol. The van der Waals surface area contributed by atoms with Crippen LogP contribution in [-0.2, 0) is 0 Å². The molecule has 2 aromatic carbocycles. The van der Waals surface area contributed by atoms with Gasteiger partial charge in [0.2, 0.25) is 0 Å². The molecule has 9 nitrogen and oxygen atoms in total. The molecule has 8 rings (SSSR count). The van der Waals surface area contributed by atoms with E-state index in [4.69, 9.17) is 10.3 Å². The minimum absolute atomic E-state index is 0.0578. The van der Waals surface area contributed by atoms with E-state index in [0.29, 0.717) is 94.8 Å². The first-order valence-electron chi connectivity index (χ1n) is 36.4. The van der Waals surface area contributed by atoms with Crippen LogP contribution in [-0.4, -0.2) is 41.9 Å². The Kier molecular flexibility index (Phi) is 43.5. The van der Waals surface area contributed by atoms with Crippen molar-refractivity contribution in [3.05, 3.63) is 193 Å². The van der Waals surface area contributed by atoms with E-state index in [1.54, 1.807) is 0 Å². The van der Waals surface area contributed by atoms with Crippen molar-refractivity contribution < 1.29 is 4.52 Å². The minimum atomic E-state index is 0.0578. The van der Waals surface area contributed by atoms with Gasteiger partial charge in [0, 0.05) is 64.3 Å². The van der Waals surface area contributed by atoms with Crippen LogP contribution in [0.25, 0.3) is 0 Å². The lowest BCUT2D eigenvalue weighted by Gasteiger charge is -2.08. The number of allylic oxidation sites excluding steroid dienone is 1. The fourth-order valence-electron chi connectivity index (χ4n) is 8.73. The average Bonchev–Trinajstić information content (AvgIpc) is 1.84. The molecule has 0 spiro atoms. The van der Waals surface area contributed by atoms with Crippen LogP contribution >= 0.6 is 11.3 Å². The monoisotopic (exact) mass is 1320 g/mol. The lowest BCUT2D eigenvalue weighted by atomic mass is 9.97. The molecule has 0 aliphatic carbocycles. The summed E-state index contributed by atoms with van der Waals surface area (Å²) < 4.78 is 7.02. The Morgan fingerprint density at radius 3 is 0.926 bits per heavy atom. The topological polar surface area (TPSA) is 121 Å². The van der Waals surface area contributed by atoms with Crippen LogP contribution in [0.4, 0.5) is 0 Å². The zero-order valence-electron chi connectivity index (χ0n) is 66.8. The molecule has 10 heteroatoms. The summed E-state index contributed by atoms with van der Waals surface area (Å²) in [7, 11) is 0. The van der Waals surface area contributed by atoms with Crippen LogP contribution in [0, 0.1) is 11.8 Å². The molecule has 1 aliphatic rings. The average molecular weight is 1320 g/mol. The summed E-state index contributed by atoms with van der Waals surface area (Å²) >= 11 is 1.89. The fourth-order valence-corrected chi connectivity index (χ4v) is 9.81. The molecular formula is C85H140N8OS. The molecule has 0 radical (unpaired) electrons. The molecule has 0 amide bonds. The summed E-state index contributed by atoms with van der Waals surface area (Å²) in [6.45, 7) is 73.6. The SMILES string of the molecule is CC.CC(C)C1=CC(N)C(C(C)C)=N1.CC(C)c1cc(C(C)C)on1.CC(C)c1ccc(C(C)C)cc1.CC(C)c1ccc(C(C)C)cc1.CC(C)c1ccc(C(C)C)nc1.CC(C)c1ccc(C(C)C)nc1.CC(C)c1cn(C(C)C)nn1.CC(C)c1csc(C(C)C)c1. The summed E-state index contributed by atoms with van der Waals surface area (Å²) in [6.07, 6.45) is 8.05. The fraction of sp³-hybridized carbons (Fsp3) is 0.600. The maximum Gasteiger partial charge on any atom is 0.139 e. The zero-order valence-corrected chi connectivity index (χ0v) is 67.6. The molecule has 7 aromatic rings. The van der Waals surface area contributed by atoms with Gasteiger partial charge in [0.15, 0.2) is 0 Å². The quantitative estimate of drug-likeness (QED) is 0.102. The summed E-state index contributed by atoms with van der Waals surface area (Å²) in [5.74, 6) is 9.49. The second-order valence-electron chi connectivity index (χ2n) is 30.0. The number of nitrogens with zero attached hydrogens (tertiary/aromatic N) is 7. The lowest BCUT2D eigenvalue weighted by Crippen LogP contribution is -2.29. The van der Waals surface area contributed by atoms with Gasteiger partial charge in [-0.25, -0.2) is 4.68 Å². The second kappa shape index (κ2) is 46.4. The van der Waals surface area contributed by atoms with Gasteiger partial charge in [-0.1, -0.05) is 293 Å². The lowest BCUT2D eigenvalue weighted by molar-refractivity contribution is 0.363. The highest BCUT2D eigenvalue weighted by Crippen LogP contribution is 2.28. The van der Waals surface area contributed by atoms with Crippen molar-refractivity contribution in [1.82, 2.24) is 30.1 Å². The number of hydrogen-bond donors (Lipinski definition) is 1. The van der Waals surface area contributed by atoms with Crippen LogP contribution in [0.3, 0.4) is 0 Å². The predicted octanol–water partition coefficient (Wildman–Crippen LogP) is 26.4. The Balaban J connectivity index is 0.00000106. The third-order valence-corrected chi connectivity index (χ3v) is 17.3. The molecule has 0 fully saturated rings. The van der Waals surface area contributed by atoms with Gasteiger partial charge in [0.25, 0.3) is 0 Å². The molecule has 1 unspecified atom stereocenters. The first kappa shape index (κ1) is 89.2. The largest absolute Gasteiger partial charge is 0.361 e. The van der Waals surface area contributed by atoms with Gasteiger partial charge >= 0.3 is 0 Å². The highest BCUT2D eigenvalue weighted by Gasteiger charge is 2.21. The summed E-state index contributed by atoms with van der Waals surface area (Å²) in [4.78, 5) is 14.8. The molecule has 1 atom stereocenters. The number of hydrogen-bond acceptors (Lipinski definition) is 9. The van der Waals surface area contributed by atoms with E-state index in [1.165, 1.54) is 55.2 Å². The van der Waals surface area contributed by atoms with E-state index >= 15 is 0 Å². The van der Waals surface area contributed by atoms with E-state index in [2.05, 4.69) is 342 Å². The third kappa shape index (κ3) is 34.8. The van der Waals surface area contributed by atoms with Crippen molar-refractivity contribution >= 4 is 17.0 Å². The Labute approximate surface area is 588 Å². The molecule has 1 aliphatic heterocycles. The van der Waals surface area contributed by atoms with Crippen molar-refractivity contribution in [1.29, 1.82) is 0 Å². The van der Waals surface area contributed by atoms with Gasteiger partial charge in [-0.15, -0.1) is 16.4 Å². The van der Waals surface area contributed by atoms with Gasteiger partial charge < -0.3 is 10.3 Å². The molecule has 532 valence electrons. The number of thiophene rings is 1. The van der Waals surface area contributed by atoms with Crippen molar-refractivity contribution in [2.45, 2.75) is 324 Å². The van der Waals surface area contributed by atoms with Crippen LogP contribution in [0.2, 0.25) is 0 Å². The molecule has 0 saturated carbocycles. The normalized spacial score (nSPS) is 12.6. The van der Waals surface area contributed by atoms with E-state index in [9.17, 15) is 0 Å². The van der Waals surface area contributed by atoms with Crippen molar-refractivity contribution in [3.8, 4) is 0 Å². The smallest absolute Gasteiger partial charge is 0.139 e. The Hall–Kier alpha value is -5.84. The van der Waals surface area contributed by atoms with Crippen molar-refractivity contribution in [2.75, 3.05) is 0 Å². The molecule has 5 aromatic heterocycles. The maximum absolute atomic E-state index is 5.90.